The number of carbonyl (C=O) groups is 1. The summed E-state index contributed by atoms with van der Waals surface area (Å²) < 4.78 is 41.5. The molecule has 0 aliphatic carbocycles. The van der Waals surface area contributed by atoms with Crippen LogP contribution in [-0.2, 0) is 14.8 Å². The molecular weight excluding hydrogens is 463 g/mol. The standard InChI is InChI=1S/C23H27FN4O3S2/c1-17(23-25-20-6-3-4-7-21(20)32-23)26(2)22(29)16-27-12-5-13-28(15-14-27)33(30,31)19-10-8-18(24)9-11-19/h3-4,6-11,17H,5,12-16H2,1-2H3/t17-/m1/s1. The van der Waals surface area contributed by atoms with E-state index in [2.05, 4.69) is 4.98 Å². The molecule has 0 saturated carbocycles. The van der Waals surface area contributed by atoms with Gasteiger partial charge in [-0.25, -0.2) is 17.8 Å². The summed E-state index contributed by atoms with van der Waals surface area (Å²) in [5, 5.41) is 0.888. The SMILES string of the molecule is C[C@H](c1nc2ccccc2s1)N(C)C(=O)CN1CCCN(S(=O)(=O)c2ccc(F)cc2)CC1. The van der Waals surface area contributed by atoms with Crippen molar-refractivity contribution in [1.29, 1.82) is 0 Å². The van der Waals surface area contributed by atoms with Crippen molar-refractivity contribution in [2.24, 2.45) is 0 Å². The van der Waals surface area contributed by atoms with Gasteiger partial charge in [-0.3, -0.25) is 9.69 Å². The van der Waals surface area contributed by atoms with Gasteiger partial charge >= 0.3 is 0 Å². The second-order valence-electron chi connectivity index (χ2n) is 8.19. The molecule has 1 aromatic heterocycles. The Balaban J connectivity index is 1.37. The fourth-order valence-corrected chi connectivity index (χ4v) is 6.39. The predicted molar refractivity (Wildman–Crippen MR) is 127 cm³/mol. The number of thiazole rings is 1. The highest BCUT2D eigenvalue weighted by Crippen LogP contribution is 2.29. The molecule has 1 amide bonds. The third-order valence-corrected chi connectivity index (χ3v) is 9.12. The van der Waals surface area contributed by atoms with Crippen molar-refractivity contribution in [3.63, 3.8) is 0 Å². The number of fused-ring (bicyclic) bond motifs is 1. The van der Waals surface area contributed by atoms with Crippen LogP contribution in [0.5, 0.6) is 0 Å². The van der Waals surface area contributed by atoms with Crippen molar-refractivity contribution in [3.05, 3.63) is 59.4 Å². The summed E-state index contributed by atoms with van der Waals surface area (Å²) in [6.45, 7) is 3.91. The number of para-hydroxylation sites is 1. The molecule has 10 heteroatoms. The van der Waals surface area contributed by atoms with E-state index in [0.29, 0.717) is 26.1 Å². The molecule has 0 radical (unpaired) electrons. The zero-order valence-electron chi connectivity index (χ0n) is 18.6. The molecule has 4 rings (SSSR count). The van der Waals surface area contributed by atoms with Gasteiger partial charge < -0.3 is 4.90 Å². The number of benzene rings is 2. The lowest BCUT2D eigenvalue weighted by Crippen LogP contribution is -2.41. The van der Waals surface area contributed by atoms with Crippen molar-refractivity contribution in [2.45, 2.75) is 24.3 Å². The van der Waals surface area contributed by atoms with E-state index >= 15 is 0 Å². The highest BCUT2D eigenvalue weighted by molar-refractivity contribution is 7.89. The van der Waals surface area contributed by atoms with Crippen LogP contribution < -0.4 is 0 Å². The number of sulfonamides is 1. The third-order valence-electron chi connectivity index (χ3n) is 6.00. The van der Waals surface area contributed by atoms with E-state index < -0.39 is 15.8 Å². The third kappa shape index (κ3) is 5.24. The van der Waals surface area contributed by atoms with Crippen LogP contribution >= 0.6 is 11.3 Å². The first-order valence-corrected chi connectivity index (χ1v) is 13.1. The minimum absolute atomic E-state index is 0.0309. The Morgan fingerprint density at radius 2 is 1.85 bits per heavy atom. The highest BCUT2D eigenvalue weighted by atomic mass is 32.2. The summed E-state index contributed by atoms with van der Waals surface area (Å²) in [6.07, 6.45) is 0.616. The van der Waals surface area contributed by atoms with Gasteiger partial charge in [0.2, 0.25) is 15.9 Å². The maximum atomic E-state index is 13.2. The number of likely N-dealkylation sites (N-methyl/N-ethyl adjacent to an activating group) is 1. The molecule has 7 nitrogen and oxygen atoms in total. The maximum Gasteiger partial charge on any atom is 0.243 e. The van der Waals surface area contributed by atoms with Crippen molar-refractivity contribution < 1.29 is 17.6 Å². The van der Waals surface area contributed by atoms with E-state index in [1.165, 1.54) is 16.4 Å². The summed E-state index contributed by atoms with van der Waals surface area (Å²) in [5.41, 5.74) is 0.931. The molecule has 0 N–H and O–H groups in total. The molecule has 1 saturated heterocycles. The van der Waals surface area contributed by atoms with E-state index in [9.17, 15) is 17.6 Å². The van der Waals surface area contributed by atoms with Gasteiger partial charge in [0.05, 0.1) is 27.7 Å². The topological polar surface area (TPSA) is 73.8 Å². The average molecular weight is 491 g/mol. The zero-order valence-corrected chi connectivity index (χ0v) is 20.3. The molecule has 2 aromatic carbocycles. The fourth-order valence-electron chi connectivity index (χ4n) is 3.85. The highest BCUT2D eigenvalue weighted by Gasteiger charge is 2.28. The smallest absolute Gasteiger partial charge is 0.243 e. The van der Waals surface area contributed by atoms with Crippen LogP contribution in [0.25, 0.3) is 10.2 Å². The largest absolute Gasteiger partial charge is 0.335 e. The number of hydrogen-bond donors (Lipinski definition) is 0. The fraction of sp³-hybridized carbons (Fsp3) is 0.391. The first-order valence-electron chi connectivity index (χ1n) is 10.8. The Morgan fingerprint density at radius 3 is 2.58 bits per heavy atom. The lowest BCUT2D eigenvalue weighted by Gasteiger charge is -2.27. The van der Waals surface area contributed by atoms with Crippen LogP contribution in [0.1, 0.15) is 24.4 Å². The van der Waals surface area contributed by atoms with Gasteiger partial charge in [-0.15, -0.1) is 11.3 Å². The van der Waals surface area contributed by atoms with Crippen LogP contribution in [0.3, 0.4) is 0 Å². The Kier molecular flexibility index (Phi) is 7.08. The van der Waals surface area contributed by atoms with E-state index in [1.54, 1.807) is 23.3 Å². The molecule has 33 heavy (non-hydrogen) atoms. The first kappa shape index (κ1) is 23.7. The predicted octanol–water partition coefficient (Wildman–Crippen LogP) is 3.35. The molecule has 2 heterocycles. The number of aromatic nitrogens is 1. The normalized spacial score (nSPS) is 17.1. The maximum absolute atomic E-state index is 13.2. The van der Waals surface area contributed by atoms with E-state index in [1.807, 2.05) is 36.1 Å². The second-order valence-corrected chi connectivity index (χ2v) is 11.2. The number of amides is 1. The summed E-state index contributed by atoms with van der Waals surface area (Å²) in [6, 6.07) is 12.6. The Hall–Kier alpha value is -2.40. The molecule has 1 atom stereocenters. The Labute approximate surface area is 197 Å². The number of halogens is 1. The van der Waals surface area contributed by atoms with Gasteiger partial charge in [-0.1, -0.05) is 12.1 Å². The number of hydrogen-bond acceptors (Lipinski definition) is 6. The lowest BCUT2D eigenvalue weighted by atomic mass is 10.3. The van der Waals surface area contributed by atoms with Gasteiger partial charge in [0.15, 0.2) is 0 Å². The van der Waals surface area contributed by atoms with Crippen LogP contribution in [0, 0.1) is 5.82 Å². The molecule has 0 unspecified atom stereocenters. The summed E-state index contributed by atoms with van der Waals surface area (Å²) >= 11 is 1.59. The van der Waals surface area contributed by atoms with Crippen molar-refractivity contribution in [1.82, 2.24) is 19.1 Å². The molecule has 176 valence electrons. The van der Waals surface area contributed by atoms with E-state index in [0.717, 1.165) is 27.4 Å². The van der Waals surface area contributed by atoms with Crippen LogP contribution in [0.4, 0.5) is 4.39 Å². The first-order chi connectivity index (χ1) is 15.8. The van der Waals surface area contributed by atoms with Crippen LogP contribution in [-0.4, -0.2) is 73.2 Å². The second kappa shape index (κ2) is 9.84. The van der Waals surface area contributed by atoms with Gasteiger partial charge in [0.1, 0.15) is 10.8 Å². The van der Waals surface area contributed by atoms with Crippen LogP contribution in [0.15, 0.2) is 53.4 Å². The molecule has 0 bridgehead atoms. The van der Waals surface area contributed by atoms with Gasteiger partial charge in [-0.2, -0.15) is 4.31 Å². The number of nitrogens with zero attached hydrogens (tertiary/aromatic N) is 4. The Morgan fingerprint density at radius 1 is 1.12 bits per heavy atom. The quantitative estimate of drug-likeness (QED) is 0.530. The molecular formula is C23H27FN4O3S2. The summed E-state index contributed by atoms with van der Waals surface area (Å²) in [5.74, 6) is -0.504. The van der Waals surface area contributed by atoms with E-state index in [4.69, 9.17) is 0 Å². The Bertz CT molecular complexity index is 1200. The van der Waals surface area contributed by atoms with Crippen LogP contribution in [0.2, 0.25) is 0 Å². The van der Waals surface area contributed by atoms with Gasteiger partial charge in [-0.05, 0) is 56.3 Å². The van der Waals surface area contributed by atoms with Crippen molar-refractivity contribution >= 4 is 37.5 Å². The summed E-state index contributed by atoms with van der Waals surface area (Å²) in [7, 11) is -1.91. The zero-order chi connectivity index (χ0) is 23.6. The lowest BCUT2D eigenvalue weighted by molar-refractivity contribution is -0.133. The number of carbonyl (C=O) groups excluding carboxylic acids is 1. The minimum Gasteiger partial charge on any atom is -0.335 e. The molecule has 1 aliphatic heterocycles. The van der Waals surface area contributed by atoms with Gasteiger partial charge in [0.25, 0.3) is 0 Å². The van der Waals surface area contributed by atoms with E-state index in [-0.39, 0.29) is 29.9 Å². The molecule has 1 aliphatic rings. The summed E-state index contributed by atoms with van der Waals surface area (Å²) in [4.78, 5) is 21.4. The minimum atomic E-state index is -3.69. The molecule has 1 fully saturated rings. The van der Waals surface area contributed by atoms with Crippen molar-refractivity contribution in [2.75, 3.05) is 39.8 Å². The average Bonchev–Trinajstić information content (AvgIpc) is 3.10. The number of rotatable bonds is 6. The van der Waals surface area contributed by atoms with Crippen molar-refractivity contribution in [3.8, 4) is 0 Å². The van der Waals surface area contributed by atoms with Gasteiger partial charge in [0, 0.05) is 26.7 Å². The monoisotopic (exact) mass is 490 g/mol. The molecule has 0 spiro atoms. The molecule has 3 aromatic rings.